The fraction of sp³-hybridized carbons (Fsp3) is 0.667. The molecular formula is C18H28N2O3. The predicted octanol–water partition coefficient (Wildman–Crippen LogP) is 1.74. The van der Waals surface area contributed by atoms with Crippen LogP contribution in [0.4, 0.5) is 0 Å². The highest BCUT2D eigenvalue weighted by Crippen LogP contribution is 2.31. The Bertz CT molecular complexity index is 537. The van der Waals surface area contributed by atoms with Gasteiger partial charge in [-0.2, -0.15) is 0 Å². The van der Waals surface area contributed by atoms with Crippen molar-refractivity contribution in [3.63, 3.8) is 0 Å². The van der Waals surface area contributed by atoms with Crippen LogP contribution in [0.5, 0.6) is 11.5 Å². The van der Waals surface area contributed by atoms with Crippen molar-refractivity contribution in [3.05, 3.63) is 23.8 Å². The van der Waals surface area contributed by atoms with E-state index in [2.05, 4.69) is 35.9 Å². The van der Waals surface area contributed by atoms with Crippen LogP contribution in [0.25, 0.3) is 0 Å². The topological polar surface area (TPSA) is 45.2 Å². The highest BCUT2D eigenvalue weighted by atomic mass is 16.6. The molecule has 2 heterocycles. The van der Waals surface area contributed by atoms with E-state index in [1.807, 2.05) is 6.07 Å². The van der Waals surface area contributed by atoms with Gasteiger partial charge in [0.15, 0.2) is 11.5 Å². The molecule has 0 saturated carbocycles. The van der Waals surface area contributed by atoms with Crippen molar-refractivity contribution in [2.45, 2.75) is 31.9 Å². The number of nitrogens with zero attached hydrogens (tertiary/aromatic N) is 2. The molecule has 0 amide bonds. The number of hydrogen-bond acceptors (Lipinski definition) is 5. The number of likely N-dealkylation sites (N-methyl/N-ethyl adjacent to an activating group) is 2. The molecule has 5 nitrogen and oxygen atoms in total. The van der Waals surface area contributed by atoms with Crippen LogP contribution in [0, 0.1) is 0 Å². The highest BCUT2D eigenvalue weighted by molar-refractivity contribution is 5.43. The first-order valence-corrected chi connectivity index (χ1v) is 8.60. The van der Waals surface area contributed by atoms with Crippen molar-refractivity contribution in [2.24, 2.45) is 0 Å². The molecule has 0 spiro atoms. The molecule has 0 radical (unpaired) electrons. The lowest BCUT2D eigenvalue weighted by Crippen LogP contribution is -2.53. The number of hydrogen-bond donors (Lipinski definition) is 1. The third kappa shape index (κ3) is 4.16. The van der Waals surface area contributed by atoms with Gasteiger partial charge in [-0.25, -0.2) is 0 Å². The first kappa shape index (κ1) is 16.6. The summed E-state index contributed by atoms with van der Waals surface area (Å²) >= 11 is 0. The lowest BCUT2D eigenvalue weighted by molar-refractivity contribution is -0.0478. The van der Waals surface area contributed by atoms with Crippen molar-refractivity contribution in [3.8, 4) is 11.5 Å². The van der Waals surface area contributed by atoms with Crippen LogP contribution < -0.4 is 9.47 Å². The molecule has 128 valence electrons. The normalized spacial score (nSPS) is 24.9. The Hall–Kier alpha value is -1.30. The quantitative estimate of drug-likeness (QED) is 0.895. The predicted molar refractivity (Wildman–Crippen MR) is 90.1 cm³/mol. The Balaban J connectivity index is 1.65. The van der Waals surface area contributed by atoms with Gasteiger partial charge in [-0.1, -0.05) is 13.0 Å². The van der Waals surface area contributed by atoms with Crippen LogP contribution in [0.15, 0.2) is 18.2 Å². The number of aliphatic hydroxyl groups is 1. The van der Waals surface area contributed by atoms with Gasteiger partial charge in [0.25, 0.3) is 0 Å². The molecule has 3 rings (SSSR count). The number of ether oxygens (including phenoxy) is 2. The van der Waals surface area contributed by atoms with Crippen LogP contribution in [-0.4, -0.2) is 66.9 Å². The number of piperidine rings is 1. The fourth-order valence-electron chi connectivity index (χ4n) is 3.61. The summed E-state index contributed by atoms with van der Waals surface area (Å²) in [4.78, 5) is 4.53. The fourth-order valence-corrected chi connectivity index (χ4v) is 3.61. The molecule has 1 atom stereocenters. The minimum absolute atomic E-state index is 0.600. The Labute approximate surface area is 138 Å². The van der Waals surface area contributed by atoms with Crippen LogP contribution in [0.3, 0.4) is 0 Å². The zero-order chi connectivity index (χ0) is 16.3. The third-order valence-electron chi connectivity index (χ3n) is 4.72. The van der Waals surface area contributed by atoms with Crippen molar-refractivity contribution >= 4 is 0 Å². The van der Waals surface area contributed by atoms with Crippen molar-refractivity contribution in [1.82, 2.24) is 9.80 Å². The summed E-state index contributed by atoms with van der Waals surface area (Å²) in [5.74, 6) is 1.66. The van der Waals surface area contributed by atoms with E-state index in [0.717, 1.165) is 50.5 Å². The lowest BCUT2D eigenvalue weighted by Gasteiger charge is -2.40. The van der Waals surface area contributed by atoms with E-state index in [4.69, 9.17) is 9.47 Å². The van der Waals surface area contributed by atoms with Crippen molar-refractivity contribution < 1.29 is 14.6 Å². The Morgan fingerprint density at radius 2 is 2.04 bits per heavy atom. The molecule has 1 N–H and O–H groups in total. The molecule has 1 aromatic rings. The van der Waals surface area contributed by atoms with E-state index in [-0.39, 0.29) is 0 Å². The van der Waals surface area contributed by atoms with Crippen LogP contribution in [-0.2, 0) is 6.54 Å². The molecule has 1 saturated heterocycles. The summed E-state index contributed by atoms with van der Waals surface area (Å²) < 4.78 is 11.2. The second-order valence-corrected chi connectivity index (χ2v) is 6.85. The van der Waals surface area contributed by atoms with Gasteiger partial charge < -0.3 is 19.5 Å². The number of β-amino-alcohol motifs (C(OH)–C–C–N with tert-alkyl or cyclic N) is 1. The van der Waals surface area contributed by atoms with Gasteiger partial charge in [0.1, 0.15) is 13.2 Å². The Kier molecular flexibility index (Phi) is 5.09. The van der Waals surface area contributed by atoms with E-state index in [1.165, 1.54) is 5.56 Å². The average Bonchev–Trinajstić information content (AvgIpc) is 2.53. The largest absolute Gasteiger partial charge is 0.486 e. The minimum Gasteiger partial charge on any atom is -0.486 e. The van der Waals surface area contributed by atoms with E-state index in [1.54, 1.807) is 0 Å². The number of benzene rings is 1. The SMILES string of the molecule is CCN(Cc1ccc2c(c1)OCCO2)C[C@@]1(O)CCCN(C)C1. The van der Waals surface area contributed by atoms with E-state index < -0.39 is 5.60 Å². The summed E-state index contributed by atoms with van der Waals surface area (Å²) in [5.41, 5.74) is 0.598. The molecule has 1 aromatic carbocycles. The first-order valence-electron chi connectivity index (χ1n) is 8.60. The molecule has 5 heteroatoms. The van der Waals surface area contributed by atoms with Crippen molar-refractivity contribution in [2.75, 3.05) is 46.4 Å². The maximum atomic E-state index is 10.9. The number of likely N-dealkylation sites (tertiary alicyclic amines) is 1. The monoisotopic (exact) mass is 320 g/mol. The van der Waals surface area contributed by atoms with E-state index >= 15 is 0 Å². The lowest BCUT2D eigenvalue weighted by atomic mass is 9.92. The molecule has 0 aliphatic carbocycles. The van der Waals surface area contributed by atoms with Crippen molar-refractivity contribution in [1.29, 1.82) is 0 Å². The molecule has 2 aliphatic rings. The molecule has 0 unspecified atom stereocenters. The maximum Gasteiger partial charge on any atom is 0.161 e. The zero-order valence-electron chi connectivity index (χ0n) is 14.3. The second kappa shape index (κ2) is 7.07. The molecule has 23 heavy (non-hydrogen) atoms. The Morgan fingerprint density at radius 3 is 2.78 bits per heavy atom. The van der Waals surface area contributed by atoms with E-state index in [0.29, 0.717) is 19.8 Å². The minimum atomic E-state index is -0.600. The standard InChI is InChI=1S/C18H28N2O3/c1-3-20(14-18(21)7-4-8-19(2)13-18)12-15-5-6-16-17(11-15)23-10-9-22-16/h5-6,11,21H,3-4,7-10,12-14H2,1-2H3/t18-/m1/s1. The van der Waals surface area contributed by atoms with Crippen LogP contribution in [0.1, 0.15) is 25.3 Å². The summed E-state index contributed by atoms with van der Waals surface area (Å²) in [7, 11) is 2.08. The summed E-state index contributed by atoms with van der Waals surface area (Å²) in [6.45, 7) is 7.66. The number of rotatable bonds is 5. The highest BCUT2D eigenvalue weighted by Gasteiger charge is 2.33. The summed E-state index contributed by atoms with van der Waals surface area (Å²) in [5, 5.41) is 10.9. The molecule has 0 bridgehead atoms. The van der Waals surface area contributed by atoms with Gasteiger partial charge in [-0.3, -0.25) is 4.90 Å². The van der Waals surface area contributed by atoms with E-state index in [9.17, 15) is 5.11 Å². The van der Waals surface area contributed by atoms with Crippen LogP contribution in [0.2, 0.25) is 0 Å². The number of fused-ring (bicyclic) bond motifs is 1. The average molecular weight is 320 g/mol. The smallest absolute Gasteiger partial charge is 0.161 e. The Morgan fingerprint density at radius 1 is 1.26 bits per heavy atom. The van der Waals surface area contributed by atoms with Gasteiger partial charge in [0.2, 0.25) is 0 Å². The third-order valence-corrected chi connectivity index (χ3v) is 4.72. The molecular weight excluding hydrogens is 292 g/mol. The van der Waals surface area contributed by atoms with Gasteiger partial charge in [0, 0.05) is 19.6 Å². The molecule has 2 aliphatic heterocycles. The molecule has 1 fully saturated rings. The summed E-state index contributed by atoms with van der Waals surface area (Å²) in [6, 6.07) is 6.14. The van der Waals surface area contributed by atoms with Gasteiger partial charge in [-0.05, 0) is 50.7 Å². The van der Waals surface area contributed by atoms with Crippen LogP contribution >= 0.6 is 0 Å². The zero-order valence-corrected chi connectivity index (χ0v) is 14.3. The van der Waals surface area contributed by atoms with Gasteiger partial charge in [0.05, 0.1) is 5.60 Å². The molecule has 0 aromatic heterocycles. The summed E-state index contributed by atoms with van der Waals surface area (Å²) in [6.07, 6.45) is 1.95. The van der Waals surface area contributed by atoms with Gasteiger partial charge >= 0.3 is 0 Å². The first-order chi connectivity index (χ1) is 11.1. The maximum absolute atomic E-state index is 10.9. The van der Waals surface area contributed by atoms with Gasteiger partial charge in [-0.15, -0.1) is 0 Å². The second-order valence-electron chi connectivity index (χ2n) is 6.85.